The predicted molar refractivity (Wildman–Crippen MR) is 128 cm³/mol. The first-order chi connectivity index (χ1) is 14.7. The average Bonchev–Trinajstić information content (AvgIpc) is 3.49. The van der Waals surface area contributed by atoms with Crippen LogP contribution in [0.1, 0.15) is 44.1 Å². The largest absolute Gasteiger partial charge is 0.385 e. The van der Waals surface area contributed by atoms with Gasteiger partial charge in [0, 0.05) is 28.0 Å². The van der Waals surface area contributed by atoms with E-state index in [1.165, 1.54) is 34.9 Å². The molecule has 0 aromatic heterocycles. The van der Waals surface area contributed by atoms with Gasteiger partial charge in [0.15, 0.2) is 4.90 Å². The Kier molecular flexibility index (Phi) is 5.58. The Morgan fingerprint density at radius 2 is 1.17 bits per heavy atom. The minimum absolute atomic E-state index is 0.443. The molecule has 0 radical (unpaired) electrons. The van der Waals surface area contributed by atoms with E-state index in [-0.39, 0.29) is 0 Å². The van der Waals surface area contributed by atoms with Crippen molar-refractivity contribution in [1.29, 1.82) is 0 Å². The molecule has 0 unspecified atom stereocenters. The van der Waals surface area contributed by atoms with E-state index in [2.05, 4.69) is 83.8 Å². The van der Waals surface area contributed by atoms with Gasteiger partial charge >= 0.3 is 0 Å². The number of rotatable bonds is 5. The van der Waals surface area contributed by atoms with Crippen LogP contribution in [0.2, 0.25) is 0 Å². The topological polar surface area (TPSA) is 23.5 Å². The van der Waals surface area contributed by atoms with Crippen molar-refractivity contribution in [3.8, 4) is 0 Å². The molecule has 1 aliphatic heterocycles. The molecule has 2 aliphatic rings. The van der Waals surface area contributed by atoms with Gasteiger partial charge in [-0.2, -0.15) is 0 Å². The van der Waals surface area contributed by atoms with Crippen LogP contribution in [0.5, 0.6) is 0 Å². The van der Waals surface area contributed by atoms with Gasteiger partial charge in [0.25, 0.3) is 0 Å². The Bertz CT molecular complexity index is 956. The molecule has 30 heavy (non-hydrogen) atoms. The second kappa shape index (κ2) is 8.49. The number of anilines is 3. The number of aliphatic hydroxyl groups is 1. The molecule has 2 fully saturated rings. The third-order valence-corrected chi connectivity index (χ3v) is 9.07. The quantitative estimate of drug-likeness (QED) is 0.468. The number of hydrogen-bond donors (Lipinski definition) is 1. The molecule has 0 bridgehead atoms. The molecular formula is C27H30NOS+. The van der Waals surface area contributed by atoms with Crippen molar-refractivity contribution in [1.82, 2.24) is 0 Å². The average molecular weight is 417 g/mol. The summed E-state index contributed by atoms with van der Waals surface area (Å²) in [6, 6.07) is 28.3. The molecule has 1 saturated carbocycles. The molecule has 3 heteroatoms. The van der Waals surface area contributed by atoms with Crippen LogP contribution in [0.25, 0.3) is 0 Å². The molecule has 0 amide bonds. The number of benzene rings is 3. The molecule has 1 saturated heterocycles. The number of hydrogen-bond acceptors (Lipinski definition) is 2. The second-order valence-electron chi connectivity index (χ2n) is 8.56. The Hall–Kier alpha value is -2.23. The van der Waals surface area contributed by atoms with Gasteiger partial charge < -0.3 is 10.0 Å². The fraction of sp³-hybridized carbons (Fsp3) is 0.333. The zero-order chi connectivity index (χ0) is 20.4. The zero-order valence-electron chi connectivity index (χ0n) is 17.5. The summed E-state index contributed by atoms with van der Waals surface area (Å²) < 4.78 is 0. The second-order valence-corrected chi connectivity index (χ2v) is 10.8. The molecular weight excluding hydrogens is 386 g/mol. The maximum atomic E-state index is 10.9. The van der Waals surface area contributed by atoms with Gasteiger partial charge in [0.2, 0.25) is 0 Å². The van der Waals surface area contributed by atoms with Crippen molar-refractivity contribution in [3.63, 3.8) is 0 Å². The first-order valence-corrected chi connectivity index (χ1v) is 12.7. The normalized spacial score (nSPS) is 18.6. The van der Waals surface area contributed by atoms with Crippen LogP contribution in [-0.2, 0) is 16.5 Å². The third kappa shape index (κ3) is 3.89. The summed E-state index contributed by atoms with van der Waals surface area (Å²) in [6.45, 7) is 0. The fourth-order valence-electron chi connectivity index (χ4n) is 4.87. The Balaban J connectivity index is 1.48. The van der Waals surface area contributed by atoms with Crippen molar-refractivity contribution in [2.45, 2.75) is 49.0 Å². The highest BCUT2D eigenvalue weighted by Gasteiger charge is 2.33. The molecule has 0 spiro atoms. The van der Waals surface area contributed by atoms with Gasteiger partial charge in [0.05, 0.1) is 5.60 Å². The molecule has 5 rings (SSSR count). The highest BCUT2D eigenvalue weighted by atomic mass is 32.2. The maximum absolute atomic E-state index is 10.9. The van der Waals surface area contributed by atoms with E-state index in [1.54, 1.807) is 0 Å². The van der Waals surface area contributed by atoms with Gasteiger partial charge in [-0.1, -0.05) is 43.2 Å². The lowest BCUT2D eigenvalue weighted by Gasteiger charge is -2.27. The SMILES string of the molecule is OC1(c2ccc(N(c3ccccc3)c3ccc([S+]4CCCC4)cc3)cc2)CCCC1. The molecule has 2 nitrogen and oxygen atoms in total. The molecule has 154 valence electrons. The van der Waals surface area contributed by atoms with Crippen LogP contribution in [-0.4, -0.2) is 16.6 Å². The van der Waals surface area contributed by atoms with E-state index in [4.69, 9.17) is 0 Å². The Morgan fingerprint density at radius 1 is 0.633 bits per heavy atom. The lowest BCUT2D eigenvalue weighted by molar-refractivity contribution is 0.0445. The summed E-state index contributed by atoms with van der Waals surface area (Å²) in [6.07, 6.45) is 6.72. The summed E-state index contributed by atoms with van der Waals surface area (Å²) in [5.41, 5.74) is 3.87. The van der Waals surface area contributed by atoms with Gasteiger partial charge in [-0.25, -0.2) is 0 Å². The molecule has 1 aliphatic carbocycles. The smallest absolute Gasteiger partial charge is 0.155 e. The highest BCUT2D eigenvalue weighted by Crippen LogP contribution is 2.41. The first-order valence-electron chi connectivity index (χ1n) is 11.2. The molecule has 3 aromatic carbocycles. The van der Waals surface area contributed by atoms with Crippen LogP contribution >= 0.6 is 0 Å². The van der Waals surface area contributed by atoms with Gasteiger partial charge in [-0.15, -0.1) is 0 Å². The Morgan fingerprint density at radius 3 is 1.77 bits per heavy atom. The lowest BCUT2D eigenvalue weighted by atomic mass is 9.92. The number of para-hydroxylation sites is 1. The maximum Gasteiger partial charge on any atom is 0.155 e. The van der Waals surface area contributed by atoms with E-state index in [0.29, 0.717) is 10.9 Å². The van der Waals surface area contributed by atoms with Crippen molar-refractivity contribution < 1.29 is 5.11 Å². The van der Waals surface area contributed by atoms with Gasteiger partial charge in [0.1, 0.15) is 11.5 Å². The van der Waals surface area contributed by atoms with Crippen LogP contribution < -0.4 is 4.90 Å². The van der Waals surface area contributed by atoms with Crippen LogP contribution in [0, 0.1) is 0 Å². The zero-order valence-corrected chi connectivity index (χ0v) is 18.3. The van der Waals surface area contributed by atoms with Gasteiger partial charge in [-0.3, -0.25) is 0 Å². The lowest BCUT2D eigenvalue weighted by Crippen LogP contribution is -2.20. The summed E-state index contributed by atoms with van der Waals surface area (Å²) in [4.78, 5) is 3.81. The summed E-state index contributed by atoms with van der Waals surface area (Å²) in [5.74, 6) is 2.71. The van der Waals surface area contributed by atoms with Gasteiger partial charge in [-0.05, 0) is 79.8 Å². The first kappa shape index (κ1) is 19.7. The molecule has 1 N–H and O–H groups in total. The summed E-state index contributed by atoms with van der Waals surface area (Å²) in [5, 5.41) is 10.9. The minimum atomic E-state index is -0.639. The van der Waals surface area contributed by atoms with E-state index in [0.717, 1.165) is 42.6 Å². The van der Waals surface area contributed by atoms with E-state index in [9.17, 15) is 5.11 Å². The van der Waals surface area contributed by atoms with E-state index < -0.39 is 5.60 Å². The summed E-state index contributed by atoms with van der Waals surface area (Å²) in [7, 11) is 0.443. The minimum Gasteiger partial charge on any atom is -0.385 e. The third-order valence-electron chi connectivity index (χ3n) is 6.57. The van der Waals surface area contributed by atoms with Crippen LogP contribution in [0.15, 0.2) is 83.8 Å². The van der Waals surface area contributed by atoms with E-state index >= 15 is 0 Å². The Labute approximate surface area is 182 Å². The van der Waals surface area contributed by atoms with Crippen LogP contribution in [0.3, 0.4) is 0 Å². The number of nitrogens with zero attached hydrogens (tertiary/aromatic N) is 1. The molecule has 3 aromatic rings. The molecule has 1 heterocycles. The highest BCUT2D eigenvalue weighted by molar-refractivity contribution is 7.97. The van der Waals surface area contributed by atoms with E-state index in [1.807, 2.05) is 0 Å². The van der Waals surface area contributed by atoms with Crippen LogP contribution in [0.4, 0.5) is 17.1 Å². The summed E-state index contributed by atoms with van der Waals surface area (Å²) >= 11 is 0. The standard InChI is InChI=1S/C27H30NOS/c29-27(18-4-5-19-27)22-10-12-24(13-11-22)28(23-8-2-1-3-9-23)25-14-16-26(17-15-25)30-20-6-7-21-30/h1-3,8-17,29H,4-7,18-21H2/q+1. The predicted octanol–water partition coefficient (Wildman–Crippen LogP) is 6.69. The van der Waals surface area contributed by atoms with Crippen molar-refractivity contribution in [2.24, 2.45) is 0 Å². The van der Waals surface area contributed by atoms with Crippen molar-refractivity contribution in [2.75, 3.05) is 16.4 Å². The van der Waals surface area contributed by atoms with Crippen molar-refractivity contribution >= 4 is 28.0 Å². The van der Waals surface area contributed by atoms with Crippen molar-refractivity contribution in [3.05, 3.63) is 84.4 Å². The molecule has 0 atom stereocenters. The monoisotopic (exact) mass is 416 g/mol. The fourth-order valence-corrected chi connectivity index (χ4v) is 7.17.